The van der Waals surface area contributed by atoms with Gasteiger partial charge in [-0.1, -0.05) is 65.9 Å². The van der Waals surface area contributed by atoms with Gasteiger partial charge in [0, 0.05) is 27.8 Å². The minimum absolute atomic E-state index is 0.0506. The van der Waals surface area contributed by atoms with Gasteiger partial charge < -0.3 is 5.11 Å². The van der Waals surface area contributed by atoms with E-state index in [1.54, 1.807) is 47.3 Å². The predicted octanol–water partition coefficient (Wildman–Crippen LogP) is 3.47. The van der Waals surface area contributed by atoms with Gasteiger partial charge in [-0.05, 0) is 6.07 Å². The van der Waals surface area contributed by atoms with Crippen molar-refractivity contribution in [2.75, 3.05) is 0 Å². The first-order valence-corrected chi connectivity index (χ1v) is 9.12. The standard InChI is InChI=1S/C23H15N3O3/c27-21-15(12-26-13-19(24-25-26)14-6-2-1-3-7-14)10-11-18-20(21)23(29)17-9-5-4-8-16(17)22(18)28/h1-11,13,27H,12H2. The minimum Gasteiger partial charge on any atom is -0.507 e. The maximum atomic E-state index is 12.9. The monoisotopic (exact) mass is 381 g/mol. The highest BCUT2D eigenvalue weighted by Gasteiger charge is 2.32. The third-order valence-electron chi connectivity index (χ3n) is 5.09. The van der Waals surface area contributed by atoms with Crippen LogP contribution in [-0.2, 0) is 6.54 Å². The number of phenolic OH excluding ortho intramolecular Hbond substituents is 1. The molecule has 0 saturated heterocycles. The van der Waals surface area contributed by atoms with Crippen molar-refractivity contribution in [2.24, 2.45) is 0 Å². The summed E-state index contributed by atoms with van der Waals surface area (Å²) in [6.07, 6.45) is 1.77. The zero-order chi connectivity index (χ0) is 20.0. The molecule has 0 radical (unpaired) electrons. The molecule has 29 heavy (non-hydrogen) atoms. The molecule has 0 amide bonds. The molecule has 3 aromatic carbocycles. The summed E-state index contributed by atoms with van der Waals surface area (Å²) in [6.45, 7) is 0.224. The summed E-state index contributed by atoms with van der Waals surface area (Å²) in [5.41, 5.74) is 3.08. The van der Waals surface area contributed by atoms with Crippen LogP contribution in [0, 0.1) is 0 Å². The molecule has 0 saturated carbocycles. The highest BCUT2D eigenvalue weighted by molar-refractivity contribution is 6.29. The quantitative estimate of drug-likeness (QED) is 0.517. The van der Waals surface area contributed by atoms with Crippen LogP contribution in [0.3, 0.4) is 0 Å². The van der Waals surface area contributed by atoms with Gasteiger partial charge in [0.1, 0.15) is 11.4 Å². The van der Waals surface area contributed by atoms with Gasteiger partial charge in [-0.25, -0.2) is 4.68 Å². The Hall–Kier alpha value is -4.06. The number of fused-ring (bicyclic) bond motifs is 2. The fourth-order valence-corrected chi connectivity index (χ4v) is 3.63. The Morgan fingerprint density at radius 3 is 2.24 bits per heavy atom. The van der Waals surface area contributed by atoms with E-state index in [0.29, 0.717) is 22.4 Å². The van der Waals surface area contributed by atoms with Crippen molar-refractivity contribution in [3.63, 3.8) is 0 Å². The molecule has 1 heterocycles. The minimum atomic E-state index is -0.349. The number of hydrogen-bond donors (Lipinski definition) is 1. The van der Waals surface area contributed by atoms with E-state index in [0.717, 1.165) is 5.56 Å². The molecule has 4 aromatic rings. The van der Waals surface area contributed by atoms with Gasteiger partial charge >= 0.3 is 0 Å². The zero-order valence-corrected chi connectivity index (χ0v) is 15.2. The van der Waals surface area contributed by atoms with Crippen LogP contribution in [0.25, 0.3) is 11.3 Å². The molecule has 0 atom stereocenters. The van der Waals surface area contributed by atoms with Crippen LogP contribution in [-0.4, -0.2) is 31.7 Å². The largest absolute Gasteiger partial charge is 0.507 e. The fourth-order valence-electron chi connectivity index (χ4n) is 3.63. The molecule has 0 aliphatic heterocycles. The molecular weight excluding hydrogens is 366 g/mol. The summed E-state index contributed by atoms with van der Waals surface area (Å²) in [7, 11) is 0. The van der Waals surface area contributed by atoms with Gasteiger partial charge in [0.05, 0.1) is 18.3 Å². The van der Waals surface area contributed by atoms with Gasteiger partial charge in [-0.3, -0.25) is 9.59 Å². The van der Waals surface area contributed by atoms with Crippen molar-refractivity contribution < 1.29 is 14.7 Å². The van der Waals surface area contributed by atoms with Crippen LogP contribution in [0.1, 0.15) is 37.4 Å². The van der Waals surface area contributed by atoms with Crippen molar-refractivity contribution in [2.45, 2.75) is 6.54 Å². The van der Waals surface area contributed by atoms with Crippen LogP contribution in [0.15, 0.2) is 72.9 Å². The first kappa shape index (κ1) is 17.1. The van der Waals surface area contributed by atoms with E-state index in [9.17, 15) is 14.7 Å². The Morgan fingerprint density at radius 1 is 0.793 bits per heavy atom. The third kappa shape index (κ3) is 2.73. The van der Waals surface area contributed by atoms with Crippen molar-refractivity contribution in [3.8, 4) is 17.0 Å². The SMILES string of the molecule is O=C1c2ccccc2C(=O)c2c1ccc(Cn1cc(-c3ccccc3)nn1)c2O. The molecule has 6 heteroatoms. The summed E-state index contributed by atoms with van der Waals surface area (Å²) < 4.78 is 1.59. The molecule has 0 fully saturated rings. The van der Waals surface area contributed by atoms with Gasteiger partial charge in [-0.2, -0.15) is 0 Å². The van der Waals surface area contributed by atoms with E-state index in [-0.39, 0.29) is 35.0 Å². The Morgan fingerprint density at radius 2 is 1.48 bits per heavy atom. The molecule has 6 nitrogen and oxygen atoms in total. The van der Waals surface area contributed by atoms with E-state index in [1.807, 2.05) is 30.3 Å². The van der Waals surface area contributed by atoms with Gasteiger partial charge in [0.2, 0.25) is 0 Å². The van der Waals surface area contributed by atoms with Crippen LogP contribution < -0.4 is 0 Å². The molecule has 1 aromatic heterocycles. The molecule has 1 N–H and O–H groups in total. The predicted molar refractivity (Wildman–Crippen MR) is 106 cm³/mol. The molecule has 140 valence electrons. The molecule has 1 aliphatic carbocycles. The maximum Gasteiger partial charge on any atom is 0.198 e. The molecule has 0 bridgehead atoms. The van der Waals surface area contributed by atoms with Crippen molar-refractivity contribution in [1.29, 1.82) is 0 Å². The number of carbonyl (C=O) groups excluding carboxylic acids is 2. The molecule has 0 unspecified atom stereocenters. The zero-order valence-electron chi connectivity index (χ0n) is 15.2. The summed E-state index contributed by atoms with van der Waals surface area (Å²) in [5, 5.41) is 19.1. The van der Waals surface area contributed by atoms with Gasteiger partial charge in [-0.15, -0.1) is 5.10 Å². The van der Waals surface area contributed by atoms with Gasteiger partial charge in [0.15, 0.2) is 11.6 Å². The average Bonchev–Trinajstić information content (AvgIpc) is 3.23. The number of nitrogens with zero attached hydrogens (tertiary/aromatic N) is 3. The van der Waals surface area contributed by atoms with Crippen molar-refractivity contribution in [1.82, 2.24) is 15.0 Å². The highest BCUT2D eigenvalue weighted by Crippen LogP contribution is 2.35. The van der Waals surface area contributed by atoms with E-state index >= 15 is 0 Å². The average molecular weight is 381 g/mol. The fraction of sp³-hybridized carbons (Fsp3) is 0.0435. The summed E-state index contributed by atoms with van der Waals surface area (Å²) in [4.78, 5) is 25.7. The number of carbonyl (C=O) groups is 2. The van der Waals surface area contributed by atoms with Gasteiger partial charge in [0.25, 0.3) is 0 Å². The lowest BCUT2D eigenvalue weighted by molar-refractivity contribution is 0.0976. The number of aromatic nitrogens is 3. The second-order valence-electron chi connectivity index (χ2n) is 6.87. The number of phenols is 1. The molecule has 1 aliphatic rings. The lowest BCUT2D eigenvalue weighted by Crippen LogP contribution is -2.21. The van der Waals surface area contributed by atoms with Crippen LogP contribution in [0.4, 0.5) is 0 Å². The van der Waals surface area contributed by atoms with Crippen LogP contribution in [0.5, 0.6) is 5.75 Å². The molecule has 5 rings (SSSR count). The Balaban J connectivity index is 1.52. The smallest absolute Gasteiger partial charge is 0.198 e. The molecular formula is C23H15N3O3. The summed E-state index contributed by atoms with van der Waals surface area (Å²) >= 11 is 0. The number of rotatable bonds is 3. The first-order chi connectivity index (χ1) is 14.1. The first-order valence-electron chi connectivity index (χ1n) is 9.12. The number of ketones is 2. The van der Waals surface area contributed by atoms with Crippen molar-refractivity contribution >= 4 is 11.6 Å². The van der Waals surface area contributed by atoms with E-state index < -0.39 is 0 Å². The lowest BCUT2D eigenvalue weighted by atomic mass is 9.82. The topological polar surface area (TPSA) is 85.1 Å². The highest BCUT2D eigenvalue weighted by atomic mass is 16.3. The maximum absolute atomic E-state index is 12.9. The Kier molecular flexibility index (Phi) is 3.84. The van der Waals surface area contributed by atoms with E-state index in [1.165, 1.54) is 0 Å². The Labute approximate surface area is 166 Å². The van der Waals surface area contributed by atoms with E-state index in [4.69, 9.17) is 0 Å². The molecule has 0 spiro atoms. The summed E-state index contributed by atoms with van der Waals surface area (Å²) in [5.74, 6) is -0.797. The lowest BCUT2D eigenvalue weighted by Gasteiger charge is -2.19. The van der Waals surface area contributed by atoms with Crippen LogP contribution in [0.2, 0.25) is 0 Å². The third-order valence-corrected chi connectivity index (χ3v) is 5.09. The Bertz CT molecular complexity index is 1280. The second-order valence-corrected chi connectivity index (χ2v) is 6.87. The summed E-state index contributed by atoms with van der Waals surface area (Å²) in [6, 6.07) is 19.5. The second kappa shape index (κ2) is 6.53. The van der Waals surface area contributed by atoms with Crippen molar-refractivity contribution in [3.05, 3.63) is 101 Å². The van der Waals surface area contributed by atoms with Crippen LogP contribution >= 0.6 is 0 Å². The van der Waals surface area contributed by atoms with E-state index in [2.05, 4.69) is 10.3 Å². The number of aromatic hydroxyl groups is 1. The normalized spacial score (nSPS) is 12.6. The number of benzene rings is 3. The number of hydrogen-bond acceptors (Lipinski definition) is 5.